The van der Waals surface area contributed by atoms with Gasteiger partial charge in [0.2, 0.25) is 5.89 Å². The number of hydrogen-bond donors (Lipinski definition) is 0. The molecule has 0 saturated heterocycles. The zero-order chi connectivity index (χ0) is 16.1. The van der Waals surface area contributed by atoms with Crippen molar-refractivity contribution < 1.29 is 18.7 Å². The predicted octanol–water partition coefficient (Wildman–Crippen LogP) is 3.74. The Hall–Kier alpha value is -3.08. The van der Waals surface area contributed by atoms with Gasteiger partial charge in [0, 0.05) is 11.1 Å². The molecule has 0 N–H and O–H groups in total. The molecule has 0 aliphatic rings. The fraction of sp³-hybridized carbons (Fsp3) is 0.111. The highest BCUT2D eigenvalue weighted by atomic mass is 16.5. The quantitative estimate of drug-likeness (QED) is 0.649. The number of nitrogens with zero attached hydrogens (tertiary/aromatic N) is 1. The molecule has 0 unspecified atom stereocenters. The number of hydrogen-bond acceptors (Lipinski definition) is 5. The molecule has 0 aliphatic heterocycles. The number of carbonyl (C=O) groups excluding carboxylic acids is 1. The number of methoxy groups -OCH3 is 1. The number of rotatable bonds is 6. The zero-order valence-electron chi connectivity index (χ0n) is 12.6. The summed E-state index contributed by atoms with van der Waals surface area (Å²) in [5.41, 5.74) is 1.48. The minimum absolute atomic E-state index is 0.170. The molecule has 0 amide bonds. The summed E-state index contributed by atoms with van der Waals surface area (Å²) in [5.74, 6) is 2.17. The fourth-order valence-corrected chi connectivity index (χ4v) is 2.13. The van der Waals surface area contributed by atoms with E-state index in [0.717, 1.165) is 11.8 Å². The topological polar surface area (TPSA) is 61.6 Å². The number of aldehydes is 1. The molecular weight excluding hydrogens is 294 g/mol. The van der Waals surface area contributed by atoms with Crippen LogP contribution in [0.15, 0.2) is 59.1 Å². The Morgan fingerprint density at radius 1 is 1.13 bits per heavy atom. The van der Waals surface area contributed by atoms with Crippen LogP contribution in [0, 0.1) is 0 Å². The van der Waals surface area contributed by atoms with Crippen LogP contribution in [0.2, 0.25) is 0 Å². The SMILES string of the molecule is COc1cc(C=O)ccc1OCc1ncc(-c2ccccc2)o1. The minimum Gasteiger partial charge on any atom is -0.493 e. The molecule has 23 heavy (non-hydrogen) atoms. The Morgan fingerprint density at radius 3 is 2.70 bits per heavy atom. The Bertz CT molecular complexity index is 796. The summed E-state index contributed by atoms with van der Waals surface area (Å²) in [4.78, 5) is 15.0. The van der Waals surface area contributed by atoms with E-state index in [0.29, 0.717) is 28.7 Å². The number of ether oxygens (including phenoxy) is 2. The highest BCUT2D eigenvalue weighted by Gasteiger charge is 2.10. The molecule has 2 aromatic carbocycles. The van der Waals surface area contributed by atoms with Crippen molar-refractivity contribution in [2.24, 2.45) is 0 Å². The summed E-state index contributed by atoms with van der Waals surface area (Å²) in [6, 6.07) is 14.7. The van der Waals surface area contributed by atoms with E-state index in [1.165, 1.54) is 7.11 Å². The van der Waals surface area contributed by atoms with Gasteiger partial charge in [-0.15, -0.1) is 0 Å². The fourth-order valence-electron chi connectivity index (χ4n) is 2.13. The maximum atomic E-state index is 10.8. The van der Waals surface area contributed by atoms with Crippen LogP contribution < -0.4 is 9.47 Å². The summed E-state index contributed by atoms with van der Waals surface area (Å²) >= 11 is 0. The molecule has 1 aromatic heterocycles. The maximum Gasteiger partial charge on any atom is 0.232 e. The van der Waals surface area contributed by atoms with Crippen molar-refractivity contribution >= 4 is 6.29 Å². The molecule has 0 spiro atoms. The molecule has 0 radical (unpaired) electrons. The van der Waals surface area contributed by atoms with Crippen LogP contribution in [0.1, 0.15) is 16.2 Å². The molecule has 0 atom stereocenters. The van der Waals surface area contributed by atoms with Crippen molar-refractivity contribution in [1.29, 1.82) is 0 Å². The molecule has 0 bridgehead atoms. The van der Waals surface area contributed by atoms with Gasteiger partial charge in [0.15, 0.2) is 23.9 Å². The smallest absolute Gasteiger partial charge is 0.232 e. The lowest BCUT2D eigenvalue weighted by molar-refractivity contribution is 0.112. The van der Waals surface area contributed by atoms with E-state index >= 15 is 0 Å². The molecule has 0 fully saturated rings. The van der Waals surface area contributed by atoms with Gasteiger partial charge in [-0.05, 0) is 18.2 Å². The summed E-state index contributed by atoms with van der Waals surface area (Å²) in [6.07, 6.45) is 2.42. The summed E-state index contributed by atoms with van der Waals surface area (Å²) in [6.45, 7) is 0.170. The van der Waals surface area contributed by atoms with E-state index in [1.807, 2.05) is 30.3 Å². The second kappa shape index (κ2) is 6.79. The normalized spacial score (nSPS) is 10.3. The minimum atomic E-state index is 0.170. The first-order valence-electron chi connectivity index (χ1n) is 7.06. The second-order valence-electron chi connectivity index (χ2n) is 4.80. The molecule has 0 aliphatic carbocycles. The van der Waals surface area contributed by atoms with E-state index in [4.69, 9.17) is 13.9 Å². The van der Waals surface area contributed by atoms with E-state index in [2.05, 4.69) is 4.98 Å². The Balaban J connectivity index is 1.72. The molecule has 3 rings (SSSR count). The maximum absolute atomic E-state index is 10.8. The Morgan fingerprint density at radius 2 is 1.96 bits per heavy atom. The highest BCUT2D eigenvalue weighted by Crippen LogP contribution is 2.28. The van der Waals surface area contributed by atoms with Crippen molar-refractivity contribution in [1.82, 2.24) is 4.98 Å². The van der Waals surface area contributed by atoms with Crippen LogP contribution in [-0.4, -0.2) is 18.4 Å². The number of oxazole rings is 1. The van der Waals surface area contributed by atoms with Crippen LogP contribution >= 0.6 is 0 Å². The van der Waals surface area contributed by atoms with Gasteiger partial charge in [0.05, 0.1) is 13.3 Å². The zero-order valence-corrected chi connectivity index (χ0v) is 12.6. The summed E-state index contributed by atoms with van der Waals surface area (Å²) in [7, 11) is 1.52. The van der Waals surface area contributed by atoms with Gasteiger partial charge < -0.3 is 13.9 Å². The Labute approximate surface area is 133 Å². The van der Waals surface area contributed by atoms with Crippen LogP contribution in [-0.2, 0) is 6.61 Å². The third-order valence-electron chi connectivity index (χ3n) is 3.29. The molecule has 116 valence electrons. The van der Waals surface area contributed by atoms with Crippen LogP contribution in [0.5, 0.6) is 11.5 Å². The number of carbonyl (C=O) groups is 1. The van der Waals surface area contributed by atoms with Crippen LogP contribution in [0.3, 0.4) is 0 Å². The standard InChI is InChI=1S/C18H15NO4/c1-21-16-9-13(11-20)7-8-15(16)22-12-18-19-10-17(23-18)14-5-3-2-4-6-14/h2-11H,12H2,1H3. The van der Waals surface area contributed by atoms with Crippen molar-refractivity contribution in [3.8, 4) is 22.8 Å². The van der Waals surface area contributed by atoms with E-state index < -0.39 is 0 Å². The lowest BCUT2D eigenvalue weighted by Crippen LogP contribution is -1.98. The van der Waals surface area contributed by atoms with Gasteiger partial charge in [-0.3, -0.25) is 4.79 Å². The van der Waals surface area contributed by atoms with Gasteiger partial charge in [-0.25, -0.2) is 4.98 Å². The lowest BCUT2D eigenvalue weighted by atomic mass is 10.2. The van der Waals surface area contributed by atoms with Crippen molar-refractivity contribution in [3.63, 3.8) is 0 Å². The largest absolute Gasteiger partial charge is 0.493 e. The molecule has 1 heterocycles. The first kappa shape index (κ1) is 14.8. The lowest BCUT2D eigenvalue weighted by Gasteiger charge is -2.09. The molecule has 3 aromatic rings. The Kier molecular flexibility index (Phi) is 4.38. The van der Waals surface area contributed by atoms with Gasteiger partial charge >= 0.3 is 0 Å². The van der Waals surface area contributed by atoms with Crippen LogP contribution in [0.4, 0.5) is 0 Å². The monoisotopic (exact) mass is 309 g/mol. The molecule has 5 nitrogen and oxygen atoms in total. The van der Waals surface area contributed by atoms with E-state index in [1.54, 1.807) is 24.4 Å². The van der Waals surface area contributed by atoms with E-state index in [9.17, 15) is 4.79 Å². The van der Waals surface area contributed by atoms with Gasteiger partial charge in [0.1, 0.15) is 6.29 Å². The van der Waals surface area contributed by atoms with Crippen molar-refractivity contribution in [2.45, 2.75) is 6.61 Å². The average molecular weight is 309 g/mol. The van der Waals surface area contributed by atoms with Gasteiger partial charge in [-0.1, -0.05) is 30.3 Å². The predicted molar refractivity (Wildman–Crippen MR) is 84.7 cm³/mol. The third kappa shape index (κ3) is 3.40. The second-order valence-corrected chi connectivity index (χ2v) is 4.80. The van der Waals surface area contributed by atoms with Crippen molar-refractivity contribution in [3.05, 3.63) is 66.2 Å². The average Bonchev–Trinajstić information content (AvgIpc) is 3.09. The third-order valence-corrected chi connectivity index (χ3v) is 3.29. The van der Waals surface area contributed by atoms with Gasteiger partial charge in [-0.2, -0.15) is 0 Å². The number of aromatic nitrogens is 1. The molecule has 0 saturated carbocycles. The van der Waals surface area contributed by atoms with Gasteiger partial charge in [0.25, 0.3) is 0 Å². The summed E-state index contributed by atoms with van der Waals surface area (Å²) in [5, 5.41) is 0. The highest BCUT2D eigenvalue weighted by molar-refractivity contribution is 5.76. The molecule has 5 heteroatoms. The first-order chi connectivity index (χ1) is 11.3. The van der Waals surface area contributed by atoms with Crippen LogP contribution in [0.25, 0.3) is 11.3 Å². The molecular formula is C18H15NO4. The number of benzene rings is 2. The van der Waals surface area contributed by atoms with Crippen molar-refractivity contribution in [2.75, 3.05) is 7.11 Å². The van der Waals surface area contributed by atoms with E-state index in [-0.39, 0.29) is 6.61 Å². The summed E-state index contributed by atoms with van der Waals surface area (Å²) < 4.78 is 16.6. The first-order valence-corrected chi connectivity index (χ1v) is 7.06.